The molecule has 2 aromatic rings. The molecule has 2 aromatic carbocycles. The lowest BCUT2D eigenvalue weighted by molar-refractivity contribution is 0.104. The first-order valence-corrected chi connectivity index (χ1v) is 9.49. The summed E-state index contributed by atoms with van der Waals surface area (Å²) in [7, 11) is 3.20. The summed E-state index contributed by atoms with van der Waals surface area (Å²) in [5.41, 5.74) is 4.92. The van der Waals surface area contributed by atoms with E-state index in [1.165, 1.54) is 31.5 Å². The fourth-order valence-electron chi connectivity index (χ4n) is 4.04. The number of fused-ring (bicyclic) bond motifs is 1. The number of benzene rings is 2. The van der Waals surface area contributed by atoms with E-state index in [-0.39, 0.29) is 5.78 Å². The van der Waals surface area contributed by atoms with Crippen molar-refractivity contribution < 1.29 is 14.3 Å². The molecule has 0 amide bonds. The molecule has 0 spiro atoms. The van der Waals surface area contributed by atoms with E-state index in [1.807, 2.05) is 12.1 Å². The Balaban J connectivity index is 1.58. The molecule has 27 heavy (non-hydrogen) atoms. The Morgan fingerprint density at radius 1 is 1.04 bits per heavy atom. The van der Waals surface area contributed by atoms with Crippen molar-refractivity contribution in [3.05, 3.63) is 64.2 Å². The molecule has 0 saturated carbocycles. The maximum Gasteiger partial charge on any atom is 0.189 e. The molecule has 4 nitrogen and oxygen atoms in total. The monoisotopic (exact) mass is 363 g/mol. The van der Waals surface area contributed by atoms with Crippen LogP contribution in [0.3, 0.4) is 0 Å². The minimum atomic E-state index is 0.0795. The zero-order valence-electron chi connectivity index (χ0n) is 16.0. The molecule has 4 heteroatoms. The summed E-state index contributed by atoms with van der Waals surface area (Å²) in [6.07, 6.45) is 5.24. The normalized spacial score (nSPS) is 18.1. The molecule has 1 fully saturated rings. The van der Waals surface area contributed by atoms with Crippen LogP contribution in [0, 0.1) is 0 Å². The second kappa shape index (κ2) is 7.57. The number of carbonyl (C=O) groups excluding carboxylic acids is 1. The summed E-state index contributed by atoms with van der Waals surface area (Å²) in [5, 5.41) is 0. The van der Waals surface area contributed by atoms with E-state index in [1.54, 1.807) is 20.3 Å². The standard InChI is InChI=1S/C23H25NO3/c1-26-21-13-18-12-19(23(25)20(18)14-22(21)27-2)11-16-6-5-7-17(10-16)15-24-8-3-4-9-24/h5-7,10-11,13-14H,3-4,8-9,12,15H2,1-2H3/b19-11+. The third-order valence-corrected chi connectivity index (χ3v) is 5.42. The largest absolute Gasteiger partial charge is 0.493 e. The Hall–Kier alpha value is -2.59. The molecule has 1 saturated heterocycles. The highest BCUT2D eigenvalue weighted by atomic mass is 16.5. The van der Waals surface area contributed by atoms with Crippen molar-refractivity contribution in [2.45, 2.75) is 25.8 Å². The van der Waals surface area contributed by atoms with Crippen LogP contribution < -0.4 is 9.47 Å². The third kappa shape index (κ3) is 3.62. The summed E-state index contributed by atoms with van der Waals surface area (Å²) < 4.78 is 10.7. The van der Waals surface area contributed by atoms with Crippen LogP contribution in [-0.4, -0.2) is 38.0 Å². The maximum atomic E-state index is 12.9. The topological polar surface area (TPSA) is 38.8 Å². The zero-order valence-corrected chi connectivity index (χ0v) is 16.0. The summed E-state index contributed by atoms with van der Waals surface area (Å²) in [6.45, 7) is 3.35. The van der Waals surface area contributed by atoms with Crippen molar-refractivity contribution in [3.8, 4) is 11.5 Å². The van der Waals surface area contributed by atoms with Gasteiger partial charge in [0.15, 0.2) is 17.3 Å². The number of ether oxygens (including phenoxy) is 2. The van der Waals surface area contributed by atoms with Gasteiger partial charge in [0.25, 0.3) is 0 Å². The highest BCUT2D eigenvalue weighted by molar-refractivity contribution is 6.15. The van der Waals surface area contributed by atoms with E-state index in [0.717, 1.165) is 23.2 Å². The number of rotatable bonds is 5. The van der Waals surface area contributed by atoms with Gasteiger partial charge >= 0.3 is 0 Å². The molecule has 0 radical (unpaired) electrons. The van der Waals surface area contributed by atoms with Crippen LogP contribution in [0.5, 0.6) is 11.5 Å². The molecular formula is C23H25NO3. The van der Waals surface area contributed by atoms with Gasteiger partial charge in [-0.05, 0) is 60.8 Å². The van der Waals surface area contributed by atoms with Crippen LogP contribution in [0.15, 0.2) is 42.0 Å². The number of hydrogen-bond acceptors (Lipinski definition) is 4. The molecule has 1 aliphatic heterocycles. The van der Waals surface area contributed by atoms with Gasteiger partial charge in [-0.15, -0.1) is 0 Å². The number of methoxy groups -OCH3 is 2. The van der Waals surface area contributed by atoms with Gasteiger partial charge in [0.2, 0.25) is 0 Å². The molecule has 4 rings (SSSR count). The average molecular weight is 363 g/mol. The SMILES string of the molecule is COc1cc2c(cc1OC)C(=O)/C(=C/c1cccc(CN3CCCC3)c1)C2. The minimum Gasteiger partial charge on any atom is -0.493 e. The predicted octanol–water partition coefficient (Wildman–Crippen LogP) is 4.12. The minimum absolute atomic E-state index is 0.0795. The van der Waals surface area contributed by atoms with Crippen LogP contribution in [-0.2, 0) is 13.0 Å². The zero-order chi connectivity index (χ0) is 18.8. The number of hydrogen-bond donors (Lipinski definition) is 0. The second-order valence-electron chi connectivity index (χ2n) is 7.27. The second-order valence-corrected chi connectivity index (χ2v) is 7.27. The summed E-state index contributed by atoms with van der Waals surface area (Å²) >= 11 is 0. The van der Waals surface area contributed by atoms with Crippen LogP contribution in [0.1, 0.15) is 39.9 Å². The number of allylic oxidation sites excluding steroid dienone is 1. The lowest BCUT2D eigenvalue weighted by atomic mass is 10.1. The van der Waals surface area contributed by atoms with E-state index in [9.17, 15) is 4.79 Å². The van der Waals surface area contributed by atoms with Gasteiger partial charge in [0, 0.05) is 24.1 Å². The highest BCUT2D eigenvalue weighted by Gasteiger charge is 2.27. The molecule has 0 bridgehead atoms. The van der Waals surface area contributed by atoms with Crippen molar-refractivity contribution in [2.24, 2.45) is 0 Å². The number of likely N-dealkylation sites (tertiary alicyclic amines) is 1. The van der Waals surface area contributed by atoms with Crippen molar-refractivity contribution >= 4 is 11.9 Å². The molecule has 2 aliphatic rings. The van der Waals surface area contributed by atoms with Gasteiger partial charge < -0.3 is 9.47 Å². The molecule has 0 N–H and O–H groups in total. The predicted molar refractivity (Wildman–Crippen MR) is 107 cm³/mol. The first kappa shape index (κ1) is 17.8. The number of carbonyl (C=O) groups is 1. The van der Waals surface area contributed by atoms with Gasteiger partial charge in [-0.3, -0.25) is 9.69 Å². The molecule has 1 aliphatic carbocycles. The fraction of sp³-hybridized carbons (Fsp3) is 0.348. The molecule has 1 heterocycles. The number of Topliss-reactive ketones (excluding diaryl/α,β-unsaturated/α-hetero) is 1. The van der Waals surface area contributed by atoms with E-state index < -0.39 is 0 Å². The number of ketones is 1. The Morgan fingerprint density at radius 2 is 1.78 bits per heavy atom. The first-order chi connectivity index (χ1) is 13.2. The summed E-state index contributed by atoms with van der Waals surface area (Å²) in [4.78, 5) is 15.3. The number of nitrogens with zero attached hydrogens (tertiary/aromatic N) is 1. The van der Waals surface area contributed by atoms with Gasteiger partial charge in [-0.1, -0.05) is 24.3 Å². The lowest BCUT2D eigenvalue weighted by Gasteiger charge is -2.14. The Bertz CT molecular complexity index is 894. The van der Waals surface area contributed by atoms with Crippen LogP contribution in [0.25, 0.3) is 6.08 Å². The van der Waals surface area contributed by atoms with Gasteiger partial charge in [0.1, 0.15) is 0 Å². The van der Waals surface area contributed by atoms with Crippen LogP contribution in [0.2, 0.25) is 0 Å². The summed E-state index contributed by atoms with van der Waals surface area (Å²) in [5.74, 6) is 1.34. The van der Waals surface area contributed by atoms with Crippen molar-refractivity contribution in [1.82, 2.24) is 4.90 Å². The molecule has 0 unspecified atom stereocenters. The highest BCUT2D eigenvalue weighted by Crippen LogP contribution is 2.37. The van der Waals surface area contributed by atoms with Gasteiger partial charge in [-0.25, -0.2) is 0 Å². The fourth-order valence-corrected chi connectivity index (χ4v) is 4.04. The quantitative estimate of drug-likeness (QED) is 0.749. The smallest absolute Gasteiger partial charge is 0.189 e. The third-order valence-electron chi connectivity index (χ3n) is 5.42. The molecular weight excluding hydrogens is 338 g/mol. The first-order valence-electron chi connectivity index (χ1n) is 9.49. The van der Waals surface area contributed by atoms with E-state index in [2.05, 4.69) is 29.2 Å². The van der Waals surface area contributed by atoms with Crippen molar-refractivity contribution in [2.75, 3.05) is 27.3 Å². The molecule has 140 valence electrons. The van der Waals surface area contributed by atoms with E-state index in [0.29, 0.717) is 23.5 Å². The van der Waals surface area contributed by atoms with Gasteiger partial charge in [0.05, 0.1) is 14.2 Å². The van der Waals surface area contributed by atoms with Crippen LogP contribution >= 0.6 is 0 Å². The van der Waals surface area contributed by atoms with Crippen LogP contribution in [0.4, 0.5) is 0 Å². The van der Waals surface area contributed by atoms with E-state index >= 15 is 0 Å². The Labute approximate surface area is 160 Å². The van der Waals surface area contributed by atoms with Crippen molar-refractivity contribution in [1.29, 1.82) is 0 Å². The lowest BCUT2D eigenvalue weighted by Crippen LogP contribution is -2.18. The summed E-state index contributed by atoms with van der Waals surface area (Å²) in [6, 6.07) is 12.2. The van der Waals surface area contributed by atoms with E-state index in [4.69, 9.17) is 9.47 Å². The Morgan fingerprint density at radius 3 is 2.52 bits per heavy atom. The van der Waals surface area contributed by atoms with Gasteiger partial charge in [-0.2, -0.15) is 0 Å². The molecule has 0 aromatic heterocycles. The molecule has 0 atom stereocenters. The maximum absolute atomic E-state index is 12.9. The Kier molecular flexibility index (Phi) is 4.99. The van der Waals surface area contributed by atoms with Crippen molar-refractivity contribution in [3.63, 3.8) is 0 Å². The average Bonchev–Trinajstić information content (AvgIpc) is 3.29.